The highest BCUT2D eigenvalue weighted by Crippen LogP contribution is 2.46. The fraction of sp³-hybridized carbons (Fsp3) is 0.692. The molecule has 2 aliphatic rings. The van der Waals surface area contributed by atoms with Gasteiger partial charge >= 0.3 is 0 Å². The molecular formula is C13H19NO3. The molecule has 1 aliphatic heterocycles. The fourth-order valence-electron chi connectivity index (χ4n) is 3.00. The van der Waals surface area contributed by atoms with Crippen LogP contribution in [0.4, 0.5) is 0 Å². The van der Waals surface area contributed by atoms with E-state index >= 15 is 0 Å². The number of piperidine rings is 1. The first-order valence-corrected chi connectivity index (χ1v) is 6.18. The predicted octanol–water partition coefficient (Wildman–Crippen LogP) is 1.24. The summed E-state index contributed by atoms with van der Waals surface area (Å²) < 4.78 is 0. The molecule has 4 nitrogen and oxygen atoms in total. The SMILES string of the molecule is C=CCCN1C(=O)CC2(CC[C@@H](O)C2)CC1=O. The highest BCUT2D eigenvalue weighted by Gasteiger charge is 2.47. The van der Waals surface area contributed by atoms with E-state index in [1.165, 1.54) is 4.90 Å². The minimum absolute atomic E-state index is 0.0859. The summed E-state index contributed by atoms with van der Waals surface area (Å²) >= 11 is 0. The Hall–Kier alpha value is -1.16. The van der Waals surface area contributed by atoms with Crippen molar-refractivity contribution in [3.8, 4) is 0 Å². The quantitative estimate of drug-likeness (QED) is 0.593. The molecule has 1 saturated heterocycles. The smallest absolute Gasteiger partial charge is 0.229 e. The van der Waals surface area contributed by atoms with E-state index in [4.69, 9.17) is 0 Å². The summed E-state index contributed by atoms with van der Waals surface area (Å²) in [5.41, 5.74) is -0.252. The first-order chi connectivity index (χ1) is 8.06. The van der Waals surface area contributed by atoms with Crippen molar-refractivity contribution < 1.29 is 14.7 Å². The Balaban J connectivity index is 2.05. The van der Waals surface area contributed by atoms with Gasteiger partial charge in [0, 0.05) is 19.4 Å². The second kappa shape index (κ2) is 4.61. The maximum absolute atomic E-state index is 12.0. The molecule has 1 aliphatic carbocycles. The largest absolute Gasteiger partial charge is 0.393 e. The summed E-state index contributed by atoms with van der Waals surface area (Å²) in [6.07, 6.45) is 4.95. The van der Waals surface area contributed by atoms with Crippen molar-refractivity contribution >= 4 is 11.8 Å². The number of rotatable bonds is 3. The van der Waals surface area contributed by atoms with Crippen LogP contribution in [0.1, 0.15) is 38.5 Å². The molecule has 0 aromatic carbocycles. The van der Waals surface area contributed by atoms with Gasteiger partial charge in [0.15, 0.2) is 0 Å². The van der Waals surface area contributed by atoms with Gasteiger partial charge in [-0.2, -0.15) is 0 Å². The third-order valence-corrected chi connectivity index (χ3v) is 3.89. The van der Waals surface area contributed by atoms with Crippen molar-refractivity contribution in [2.45, 2.75) is 44.6 Å². The highest BCUT2D eigenvalue weighted by molar-refractivity contribution is 5.98. The number of imide groups is 1. The lowest BCUT2D eigenvalue weighted by Crippen LogP contribution is -2.47. The van der Waals surface area contributed by atoms with E-state index < -0.39 is 0 Å². The van der Waals surface area contributed by atoms with Gasteiger partial charge in [-0.05, 0) is 31.1 Å². The summed E-state index contributed by atoms with van der Waals surface area (Å²) in [6, 6.07) is 0. The van der Waals surface area contributed by atoms with Crippen molar-refractivity contribution in [2.24, 2.45) is 5.41 Å². The van der Waals surface area contributed by atoms with Gasteiger partial charge in [-0.25, -0.2) is 0 Å². The van der Waals surface area contributed by atoms with Crippen LogP contribution in [0.15, 0.2) is 12.7 Å². The van der Waals surface area contributed by atoms with Gasteiger partial charge in [-0.1, -0.05) is 6.08 Å². The van der Waals surface area contributed by atoms with Gasteiger partial charge in [0.05, 0.1) is 6.10 Å². The van der Waals surface area contributed by atoms with E-state index in [1.54, 1.807) is 6.08 Å². The second-order valence-electron chi connectivity index (χ2n) is 5.27. The molecule has 0 radical (unpaired) electrons. The molecule has 0 bridgehead atoms. The molecule has 2 fully saturated rings. The molecule has 1 atom stereocenters. The van der Waals surface area contributed by atoms with Crippen LogP contribution in [0, 0.1) is 5.41 Å². The molecule has 1 spiro atoms. The maximum Gasteiger partial charge on any atom is 0.229 e. The zero-order valence-electron chi connectivity index (χ0n) is 10.0. The summed E-state index contributed by atoms with van der Waals surface area (Å²) in [6.45, 7) is 4.04. The summed E-state index contributed by atoms with van der Waals surface area (Å²) in [4.78, 5) is 25.3. The van der Waals surface area contributed by atoms with Gasteiger partial charge in [-0.3, -0.25) is 14.5 Å². The highest BCUT2D eigenvalue weighted by atomic mass is 16.3. The minimum Gasteiger partial charge on any atom is -0.393 e. The molecule has 17 heavy (non-hydrogen) atoms. The molecule has 1 saturated carbocycles. The number of carbonyl (C=O) groups is 2. The second-order valence-corrected chi connectivity index (χ2v) is 5.27. The minimum atomic E-state index is -0.338. The van der Waals surface area contributed by atoms with Crippen LogP contribution in [-0.4, -0.2) is 34.5 Å². The number of aliphatic hydroxyl groups excluding tert-OH is 1. The van der Waals surface area contributed by atoms with Crippen LogP contribution >= 0.6 is 0 Å². The monoisotopic (exact) mass is 237 g/mol. The lowest BCUT2D eigenvalue weighted by atomic mass is 9.76. The van der Waals surface area contributed by atoms with E-state index in [0.717, 1.165) is 6.42 Å². The molecule has 4 heteroatoms. The molecule has 2 amide bonds. The van der Waals surface area contributed by atoms with Crippen molar-refractivity contribution in [3.63, 3.8) is 0 Å². The van der Waals surface area contributed by atoms with Gasteiger partial charge in [-0.15, -0.1) is 6.58 Å². The number of carbonyl (C=O) groups excluding carboxylic acids is 2. The number of aliphatic hydroxyl groups is 1. The average molecular weight is 237 g/mol. The number of nitrogens with zero attached hydrogens (tertiary/aromatic N) is 1. The molecule has 2 rings (SSSR count). The molecule has 0 aromatic rings. The Kier molecular flexibility index (Phi) is 3.33. The molecule has 0 unspecified atom stereocenters. The summed E-state index contributed by atoms with van der Waals surface area (Å²) in [5, 5.41) is 9.58. The fourth-order valence-corrected chi connectivity index (χ4v) is 3.00. The standard InChI is InChI=1S/C13H19NO3/c1-2-3-6-14-11(16)8-13(9-12(14)17)5-4-10(15)7-13/h2,10,15H,1,3-9H2/t10-/m1/s1. The number of hydrogen-bond donors (Lipinski definition) is 1. The normalized spacial score (nSPS) is 27.8. The number of hydrogen-bond acceptors (Lipinski definition) is 3. The Morgan fingerprint density at radius 2 is 2.06 bits per heavy atom. The Morgan fingerprint density at radius 1 is 1.41 bits per heavy atom. The number of amides is 2. The van der Waals surface area contributed by atoms with Crippen molar-refractivity contribution in [1.29, 1.82) is 0 Å². The lowest BCUT2D eigenvalue weighted by molar-refractivity contribution is -0.153. The average Bonchev–Trinajstić information content (AvgIpc) is 2.58. The maximum atomic E-state index is 12.0. The van der Waals surface area contributed by atoms with Crippen LogP contribution < -0.4 is 0 Å². The zero-order chi connectivity index (χ0) is 12.5. The van der Waals surface area contributed by atoms with Gasteiger partial charge in [0.25, 0.3) is 0 Å². The topological polar surface area (TPSA) is 57.6 Å². The van der Waals surface area contributed by atoms with Crippen molar-refractivity contribution in [2.75, 3.05) is 6.54 Å². The van der Waals surface area contributed by atoms with E-state index in [-0.39, 0.29) is 23.3 Å². The van der Waals surface area contributed by atoms with Gasteiger partial charge in [0.2, 0.25) is 11.8 Å². The van der Waals surface area contributed by atoms with Crippen LogP contribution in [0.2, 0.25) is 0 Å². The Morgan fingerprint density at radius 3 is 2.53 bits per heavy atom. The molecular weight excluding hydrogens is 218 g/mol. The summed E-state index contributed by atoms with van der Waals surface area (Å²) in [7, 11) is 0. The third kappa shape index (κ3) is 2.41. The van der Waals surface area contributed by atoms with E-state index in [0.29, 0.717) is 38.6 Å². The van der Waals surface area contributed by atoms with E-state index in [2.05, 4.69) is 6.58 Å². The number of likely N-dealkylation sites (tertiary alicyclic amines) is 1. The lowest BCUT2D eigenvalue weighted by Gasteiger charge is -2.37. The van der Waals surface area contributed by atoms with E-state index in [9.17, 15) is 14.7 Å². The van der Waals surface area contributed by atoms with Crippen LogP contribution in [0.5, 0.6) is 0 Å². The first-order valence-electron chi connectivity index (χ1n) is 6.18. The summed E-state index contributed by atoms with van der Waals surface area (Å²) in [5.74, 6) is -0.172. The predicted molar refractivity (Wildman–Crippen MR) is 63.1 cm³/mol. The van der Waals surface area contributed by atoms with Crippen molar-refractivity contribution in [3.05, 3.63) is 12.7 Å². The Bertz CT molecular complexity index is 333. The molecule has 0 aromatic heterocycles. The molecule has 94 valence electrons. The third-order valence-electron chi connectivity index (χ3n) is 3.89. The van der Waals surface area contributed by atoms with Crippen LogP contribution in [0.3, 0.4) is 0 Å². The van der Waals surface area contributed by atoms with Crippen LogP contribution in [0.25, 0.3) is 0 Å². The van der Waals surface area contributed by atoms with Crippen molar-refractivity contribution in [1.82, 2.24) is 4.90 Å². The van der Waals surface area contributed by atoms with Gasteiger partial charge < -0.3 is 5.11 Å². The molecule has 1 heterocycles. The van der Waals surface area contributed by atoms with E-state index in [1.807, 2.05) is 0 Å². The molecule has 1 N–H and O–H groups in total. The van der Waals surface area contributed by atoms with Gasteiger partial charge in [0.1, 0.15) is 0 Å². The Labute approximate surface area is 101 Å². The van der Waals surface area contributed by atoms with Crippen LogP contribution in [-0.2, 0) is 9.59 Å². The zero-order valence-corrected chi connectivity index (χ0v) is 10.0. The first kappa shape index (κ1) is 12.3.